The summed E-state index contributed by atoms with van der Waals surface area (Å²) in [5.41, 5.74) is 1.59. The Balaban J connectivity index is 1.51. The monoisotopic (exact) mass is 433 g/mol. The summed E-state index contributed by atoms with van der Waals surface area (Å²) in [6.45, 7) is 0.409. The normalized spacial score (nSPS) is 15.7. The van der Waals surface area contributed by atoms with Gasteiger partial charge in [0.05, 0.1) is 22.4 Å². The average molecular weight is 433 g/mol. The third kappa shape index (κ3) is 3.27. The molecule has 0 aliphatic carbocycles. The van der Waals surface area contributed by atoms with Crippen LogP contribution in [0.3, 0.4) is 0 Å². The molecule has 0 atom stereocenters. The third-order valence-corrected chi connectivity index (χ3v) is 6.09. The Morgan fingerprint density at radius 1 is 1.10 bits per heavy atom. The minimum atomic E-state index is -0.456. The van der Waals surface area contributed by atoms with Crippen LogP contribution in [-0.2, 0) is 16.1 Å². The maximum atomic E-state index is 12.8. The molecule has 3 heterocycles. The van der Waals surface area contributed by atoms with Crippen LogP contribution in [0.5, 0.6) is 11.5 Å². The Labute approximate surface area is 180 Å². The largest absolute Gasteiger partial charge is 0.454 e. The van der Waals surface area contributed by atoms with E-state index in [0.717, 1.165) is 15.1 Å². The summed E-state index contributed by atoms with van der Waals surface area (Å²) in [6, 6.07) is 9.92. The van der Waals surface area contributed by atoms with Crippen molar-refractivity contribution in [3.8, 4) is 23.8 Å². The molecule has 0 radical (unpaired) electrons. The molecule has 8 nitrogen and oxygen atoms in total. The van der Waals surface area contributed by atoms with E-state index >= 15 is 0 Å². The van der Waals surface area contributed by atoms with Crippen molar-refractivity contribution in [1.29, 1.82) is 0 Å². The Bertz CT molecular complexity index is 1340. The molecule has 1 fully saturated rings. The Kier molecular flexibility index (Phi) is 4.56. The predicted molar refractivity (Wildman–Crippen MR) is 113 cm³/mol. The number of amides is 3. The van der Waals surface area contributed by atoms with Crippen molar-refractivity contribution in [2.24, 2.45) is 4.99 Å². The van der Waals surface area contributed by atoms with Crippen LogP contribution in [0.2, 0.25) is 0 Å². The number of thiazole rings is 1. The molecular formula is C22H15N3O5S. The smallest absolute Gasteiger partial charge is 0.279 e. The fourth-order valence-electron chi connectivity index (χ4n) is 3.56. The molecule has 3 amide bonds. The first-order valence-electron chi connectivity index (χ1n) is 9.46. The molecule has 0 spiro atoms. The zero-order valence-electron chi connectivity index (χ0n) is 16.2. The quantitative estimate of drug-likeness (QED) is 0.468. The number of carbonyl (C=O) groups is 3. The van der Waals surface area contributed by atoms with Gasteiger partial charge in [-0.1, -0.05) is 17.3 Å². The Morgan fingerprint density at radius 3 is 2.45 bits per heavy atom. The van der Waals surface area contributed by atoms with Crippen molar-refractivity contribution in [3.05, 3.63) is 46.8 Å². The van der Waals surface area contributed by atoms with Gasteiger partial charge in [0.1, 0.15) is 0 Å². The standard InChI is InChI=1S/C22H15N3O5S/c1-2-9-24-15-10-16-17(30-12-29-16)11-18(15)31-22(24)23-21(28)13-3-5-14(6-4-13)25-19(26)7-8-20(25)27/h1,3-6,10-11H,7-9,12H2. The van der Waals surface area contributed by atoms with Gasteiger partial charge < -0.3 is 14.0 Å². The summed E-state index contributed by atoms with van der Waals surface area (Å²) < 4.78 is 13.5. The number of imide groups is 1. The van der Waals surface area contributed by atoms with Gasteiger partial charge in [0.25, 0.3) is 5.91 Å². The number of terminal acetylenes is 1. The van der Waals surface area contributed by atoms with Crippen LogP contribution < -0.4 is 19.2 Å². The van der Waals surface area contributed by atoms with Crippen molar-refractivity contribution in [3.63, 3.8) is 0 Å². The van der Waals surface area contributed by atoms with E-state index < -0.39 is 5.91 Å². The highest BCUT2D eigenvalue weighted by Crippen LogP contribution is 2.37. The van der Waals surface area contributed by atoms with E-state index in [0.29, 0.717) is 27.6 Å². The van der Waals surface area contributed by atoms with Crippen LogP contribution in [0, 0.1) is 12.3 Å². The van der Waals surface area contributed by atoms with Crippen LogP contribution >= 0.6 is 11.3 Å². The van der Waals surface area contributed by atoms with E-state index in [9.17, 15) is 14.4 Å². The number of fused-ring (bicyclic) bond motifs is 2. The summed E-state index contributed by atoms with van der Waals surface area (Å²) in [4.78, 5) is 42.4. The lowest BCUT2D eigenvalue weighted by molar-refractivity contribution is -0.121. The zero-order chi connectivity index (χ0) is 21.5. The summed E-state index contributed by atoms with van der Waals surface area (Å²) in [5.74, 6) is 2.91. The molecule has 2 aliphatic rings. The van der Waals surface area contributed by atoms with Crippen LogP contribution in [0.25, 0.3) is 10.2 Å². The SMILES string of the molecule is C#CCn1c(=NC(=O)c2ccc(N3C(=O)CCC3=O)cc2)sc2cc3c(cc21)OCO3. The lowest BCUT2D eigenvalue weighted by Crippen LogP contribution is -2.28. The van der Waals surface area contributed by atoms with Gasteiger partial charge in [0.2, 0.25) is 18.6 Å². The molecule has 31 heavy (non-hydrogen) atoms. The molecule has 5 rings (SSSR count). The van der Waals surface area contributed by atoms with Gasteiger partial charge >= 0.3 is 0 Å². The highest BCUT2D eigenvalue weighted by molar-refractivity contribution is 7.16. The van der Waals surface area contributed by atoms with Crippen molar-refractivity contribution < 1.29 is 23.9 Å². The first-order valence-corrected chi connectivity index (χ1v) is 10.3. The fourth-order valence-corrected chi connectivity index (χ4v) is 4.60. The number of nitrogens with zero attached hydrogens (tertiary/aromatic N) is 3. The van der Waals surface area contributed by atoms with Gasteiger partial charge in [-0.2, -0.15) is 4.99 Å². The first-order chi connectivity index (χ1) is 15.0. The minimum absolute atomic E-state index is 0.169. The number of carbonyl (C=O) groups excluding carboxylic acids is 3. The van der Waals surface area contributed by atoms with Gasteiger partial charge in [-0.15, -0.1) is 6.42 Å². The van der Waals surface area contributed by atoms with E-state index in [2.05, 4.69) is 10.9 Å². The summed E-state index contributed by atoms with van der Waals surface area (Å²) >= 11 is 1.32. The molecule has 2 aromatic carbocycles. The molecule has 154 valence electrons. The van der Waals surface area contributed by atoms with Crippen molar-refractivity contribution in [2.75, 3.05) is 11.7 Å². The van der Waals surface area contributed by atoms with E-state index in [1.165, 1.54) is 11.3 Å². The van der Waals surface area contributed by atoms with Gasteiger partial charge in [0, 0.05) is 30.5 Å². The van der Waals surface area contributed by atoms with E-state index in [1.807, 2.05) is 12.1 Å². The summed E-state index contributed by atoms with van der Waals surface area (Å²) in [7, 11) is 0. The van der Waals surface area contributed by atoms with E-state index in [-0.39, 0.29) is 38.0 Å². The number of rotatable bonds is 3. The van der Waals surface area contributed by atoms with Gasteiger partial charge in [-0.25, -0.2) is 0 Å². The van der Waals surface area contributed by atoms with E-state index in [4.69, 9.17) is 15.9 Å². The third-order valence-electron chi connectivity index (χ3n) is 5.05. The van der Waals surface area contributed by atoms with Crippen LogP contribution in [0.4, 0.5) is 5.69 Å². The summed E-state index contributed by atoms with van der Waals surface area (Å²) in [6.07, 6.45) is 5.93. The number of ether oxygens (including phenoxy) is 2. The molecule has 9 heteroatoms. The second-order valence-corrected chi connectivity index (χ2v) is 7.94. The van der Waals surface area contributed by atoms with Crippen LogP contribution in [0.15, 0.2) is 41.4 Å². The predicted octanol–water partition coefficient (Wildman–Crippen LogP) is 2.46. The topological polar surface area (TPSA) is 90.2 Å². The number of benzene rings is 2. The van der Waals surface area contributed by atoms with Crippen LogP contribution in [-0.4, -0.2) is 29.1 Å². The van der Waals surface area contributed by atoms with Gasteiger partial charge in [-0.3, -0.25) is 19.3 Å². The molecule has 1 aromatic heterocycles. The second kappa shape index (κ2) is 7.41. The Morgan fingerprint density at radius 2 is 1.77 bits per heavy atom. The van der Waals surface area contributed by atoms with Gasteiger partial charge in [0.15, 0.2) is 16.3 Å². The number of hydrogen-bond acceptors (Lipinski definition) is 6. The highest BCUT2D eigenvalue weighted by atomic mass is 32.1. The highest BCUT2D eigenvalue weighted by Gasteiger charge is 2.30. The van der Waals surface area contributed by atoms with Crippen molar-refractivity contribution >= 4 is 45.0 Å². The lowest BCUT2D eigenvalue weighted by atomic mass is 10.2. The Hall–Kier alpha value is -3.90. The maximum Gasteiger partial charge on any atom is 0.279 e. The molecule has 3 aromatic rings. The summed E-state index contributed by atoms with van der Waals surface area (Å²) in [5, 5.41) is 0. The van der Waals surface area contributed by atoms with Crippen LogP contribution in [0.1, 0.15) is 23.2 Å². The molecule has 0 saturated carbocycles. The number of anilines is 1. The van der Waals surface area contributed by atoms with Crippen molar-refractivity contribution in [2.45, 2.75) is 19.4 Å². The molecule has 0 unspecified atom stereocenters. The lowest BCUT2D eigenvalue weighted by Gasteiger charge is -2.13. The number of aromatic nitrogens is 1. The first kappa shape index (κ1) is 19.1. The fraction of sp³-hybridized carbons (Fsp3) is 0.182. The van der Waals surface area contributed by atoms with E-state index in [1.54, 1.807) is 28.8 Å². The van der Waals surface area contributed by atoms with Gasteiger partial charge in [-0.05, 0) is 24.3 Å². The average Bonchev–Trinajstić information content (AvgIpc) is 3.44. The maximum absolute atomic E-state index is 12.8. The number of hydrogen-bond donors (Lipinski definition) is 0. The molecular weight excluding hydrogens is 418 g/mol. The minimum Gasteiger partial charge on any atom is -0.454 e. The molecule has 1 saturated heterocycles. The molecule has 0 bridgehead atoms. The molecule has 2 aliphatic heterocycles. The molecule has 0 N–H and O–H groups in total. The second-order valence-electron chi connectivity index (χ2n) is 6.93. The zero-order valence-corrected chi connectivity index (χ0v) is 17.0. The van der Waals surface area contributed by atoms with Crippen molar-refractivity contribution in [1.82, 2.24) is 4.57 Å².